The molecule has 0 saturated carbocycles. The molecular weight excluding hydrogens is 312 g/mol. The van der Waals surface area contributed by atoms with Gasteiger partial charge in [-0.25, -0.2) is 0 Å². The molecule has 0 aliphatic carbocycles. The Morgan fingerprint density at radius 1 is 0.833 bits per heavy atom. The van der Waals surface area contributed by atoms with Gasteiger partial charge in [0.2, 0.25) is 0 Å². The van der Waals surface area contributed by atoms with Gasteiger partial charge >= 0.3 is 0 Å². The SMILES string of the molecule is c1ccc(CCCN2CCN(c3cccc4sccc34)CC2)cc1. The summed E-state index contributed by atoms with van der Waals surface area (Å²) in [7, 11) is 0. The number of hydrogen-bond donors (Lipinski definition) is 0. The minimum atomic E-state index is 1.14. The van der Waals surface area contributed by atoms with Crippen molar-refractivity contribution in [2.75, 3.05) is 37.6 Å². The highest BCUT2D eigenvalue weighted by Crippen LogP contribution is 2.31. The first-order chi connectivity index (χ1) is 11.9. The van der Waals surface area contributed by atoms with E-state index in [0.717, 1.165) is 13.1 Å². The van der Waals surface area contributed by atoms with E-state index in [9.17, 15) is 0 Å². The minimum Gasteiger partial charge on any atom is -0.368 e. The van der Waals surface area contributed by atoms with E-state index < -0.39 is 0 Å². The minimum absolute atomic E-state index is 1.14. The largest absolute Gasteiger partial charge is 0.368 e. The van der Waals surface area contributed by atoms with E-state index in [1.807, 2.05) is 11.3 Å². The number of piperazine rings is 1. The molecular formula is C21H24N2S. The van der Waals surface area contributed by atoms with Gasteiger partial charge < -0.3 is 4.90 Å². The molecule has 1 aliphatic rings. The standard InChI is InChI=1S/C21H24N2S/c1-2-6-18(7-3-1)8-5-12-22-13-15-23(16-14-22)20-9-4-10-21-19(20)11-17-24-21/h1-4,6-7,9-11,17H,5,8,12-16H2. The van der Waals surface area contributed by atoms with Crippen LogP contribution in [0.5, 0.6) is 0 Å². The summed E-state index contributed by atoms with van der Waals surface area (Å²) in [6.07, 6.45) is 2.44. The molecule has 124 valence electrons. The Morgan fingerprint density at radius 3 is 2.50 bits per heavy atom. The van der Waals surface area contributed by atoms with Crippen molar-refractivity contribution >= 4 is 27.1 Å². The number of benzene rings is 2. The Labute approximate surface area is 148 Å². The number of fused-ring (bicyclic) bond motifs is 1. The van der Waals surface area contributed by atoms with Crippen LogP contribution in [0, 0.1) is 0 Å². The molecule has 0 bridgehead atoms. The molecule has 3 aromatic rings. The summed E-state index contributed by atoms with van der Waals surface area (Å²) in [6.45, 7) is 5.84. The molecule has 3 heteroatoms. The van der Waals surface area contributed by atoms with E-state index in [4.69, 9.17) is 0 Å². The molecule has 1 fully saturated rings. The van der Waals surface area contributed by atoms with E-state index in [1.54, 1.807) is 0 Å². The molecule has 0 unspecified atom stereocenters. The lowest BCUT2D eigenvalue weighted by atomic mass is 10.1. The third-order valence-electron chi connectivity index (χ3n) is 4.97. The average molecular weight is 337 g/mol. The average Bonchev–Trinajstić information content (AvgIpc) is 3.12. The predicted octanol–water partition coefficient (Wildman–Crippen LogP) is 4.66. The normalized spacial score (nSPS) is 15.9. The van der Waals surface area contributed by atoms with Crippen LogP contribution in [-0.2, 0) is 6.42 Å². The fourth-order valence-electron chi connectivity index (χ4n) is 3.62. The molecule has 0 N–H and O–H groups in total. The van der Waals surface area contributed by atoms with Gasteiger partial charge in [-0.3, -0.25) is 4.90 Å². The molecule has 0 radical (unpaired) electrons. The van der Waals surface area contributed by atoms with E-state index in [0.29, 0.717) is 0 Å². The summed E-state index contributed by atoms with van der Waals surface area (Å²) >= 11 is 1.84. The van der Waals surface area contributed by atoms with Crippen LogP contribution in [0.3, 0.4) is 0 Å². The highest BCUT2D eigenvalue weighted by molar-refractivity contribution is 7.17. The summed E-state index contributed by atoms with van der Waals surface area (Å²) in [5, 5.41) is 3.62. The van der Waals surface area contributed by atoms with Crippen LogP contribution in [-0.4, -0.2) is 37.6 Å². The van der Waals surface area contributed by atoms with Gasteiger partial charge in [-0.2, -0.15) is 0 Å². The monoisotopic (exact) mass is 336 g/mol. The smallest absolute Gasteiger partial charge is 0.0455 e. The molecule has 2 heterocycles. The van der Waals surface area contributed by atoms with Crippen molar-refractivity contribution in [3.63, 3.8) is 0 Å². The number of aryl methyl sites for hydroxylation is 1. The fraction of sp³-hybridized carbons (Fsp3) is 0.333. The zero-order valence-corrected chi connectivity index (χ0v) is 14.8. The third-order valence-corrected chi connectivity index (χ3v) is 5.85. The van der Waals surface area contributed by atoms with Gasteiger partial charge in [0.15, 0.2) is 0 Å². The Kier molecular flexibility index (Phi) is 4.81. The molecule has 0 amide bonds. The van der Waals surface area contributed by atoms with Crippen molar-refractivity contribution in [3.8, 4) is 0 Å². The molecule has 1 saturated heterocycles. The molecule has 2 nitrogen and oxygen atoms in total. The number of rotatable bonds is 5. The van der Waals surface area contributed by atoms with Gasteiger partial charge in [-0.05, 0) is 48.5 Å². The molecule has 1 aromatic heterocycles. The Morgan fingerprint density at radius 2 is 1.67 bits per heavy atom. The van der Waals surface area contributed by atoms with Crippen LogP contribution >= 0.6 is 11.3 Å². The van der Waals surface area contributed by atoms with Gasteiger partial charge in [-0.1, -0.05) is 36.4 Å². The second-order valence-corrected chi connectivity index (χ2v) is 7.48. The van der Waals surface area contributed by atoms with Gasteiger partial charge in [0.25, 0.3) is 0 Å². The first-order valence-corrected chi connectivity index (χ1v) is 9.75. The van der Waals surface area contributed by atoms with Crippen molar-refractivity contribution in [2.24, 2.45) is 0 Å². The number of anilines is 1. The second-order valence-electron chi connectivity index (χ2n) is 6.53. The van der Waals surface area contributed by atoms with Crippen LogP contribution < -0.4 is 4.90 Å². The van der Waals surface area contributed by atoms with Gasteiger partial charge in [0, 0.05) is 42.0 Å². The highest BCUT2D eigenvalue weighted by atomic mass is 32.1. The fourth-order valence-corrected chi connectivity index (χ4v) is 4.43. The van der Waals surface area contributed by atoms with E-state index in [-0.39, 0.29) is 0 Å². The molecule has 0 spiro atoms. The first kappa shape index (κ1) is 15.7. The maximum Gasteiger partial charge on any atom is 0.0455 e. The lowest BCUT2D eigenvalue weighted by Crippen LogP contribution is -2.46. The van der Waals surface area contributed by atoms with Crippen LogP contribution in [0.2, 0.25) is 0 Å². The maximum absolute atomic E-state index is 2.62. The zero-order valence-electron chi connectivity index (χ0n) is 14.0. The van der Waals surface area contributed by atoms with Crippen molar-refractivity contribution in [2.45, 2.75) is 12.8 Å². The summed E-state index contributed by atoms with van der Waals surface area (Å²) in [5.74, 6) is 0. The summed E-state index contributed by atoms with van der Waals surface area (Å²) < 4.78 is 1.40. The molecule has 0 atom stereocenters. The lowest BCUT2D eigenvalue weighted by molar-refractivity contribution is 0.255. The summed E-state index contributed by atoms with van der Waals surface area (Å²) in [5.41, 5.74) is 2.87. The summed E-state index contributed by atoms with van der Waals surface area (Å²) in [4.78, 5) is 5.18. The van der Waals surface area contributed by atoms with E-state index >= 15 is 0 Å². The maximum atomic E-state index is 2.62. The Bertz CT molecular complexity index is 773. The topological polar surface area (TPSA) is 6.48 Å². The molecule has 24 heavy (non-hydrogen) atoms. The van der Waals surface area contributed by atoms with Crippen molar-refractivity contribution in [1.82, 2.24) is 4.90 Å². The quantitative estimate of drug-likeness (QED) is 0.669. The van der Waals surface area contributed by atoms with E-state index in [1.165, 1.54) is 53.8 Å². The summed E-state index contributed by atoms with van der Waals surface area (Å²) in [6, 6.07) is 19.8. The number of hydrogen-bond acceptors (Lipinski definition) is 3. The van der Waals surface area contributed by atoms with E-state index in [2.05, 4.69) is 69.8 Å². The Hall–Kier alpha value is -1.84. The van der Waals surface area contributed by atoms with Crippen molar-refractivity contribution in [3.05, 3.63) is 65.5 Å². The van der Waals surface area contributed by atoms with Gasteiger partial charge in [0.1, 0.15) is 0 Å². The predicted molar refractivity (Wildman–Crippen MR) is 105 cm³/mol. The van der Waals surface area contributed by atoms with Crippen LogP contribution in [0.15, 0.2) is 60.0 Å². The first-order valence-electron chi connectivity index (χ1n) is 8.87. The van der Waals surface area contributed by atoms with Crippen LogP contribution in [0.4, 0.5) is 5.69 Å². The number of thiophene rings is 1. The van der Waals surface area contributed by atoms with Crippen LogP contribution in [0.1, 0.15) is 12.0 Å². The Balaban J connectivity index is 1.30. The van der Waals surface area contributed by atoms with Crippen molar-refractivity contribution in [1.29, 1.82) is 0 Å². The molecule has 4 rings (SSSR count). The highest BCUT2D eigenvalue weighted by Gasteiger charge is 2.18. The van der Waals surface area contributed by atoms with Gasteiger partial charge in [-0.15, -0.1) is 11.3 Å². The molecule has 1 aliphatic heterocycles. The number of nitrogens with zero attached hydrogens (tertiary/aromatic N) is 2. The third kappa shape index (κ3) is 3.47. The van der Waals surface area contributed by atoms with Crippen molar-refractivity contribution < 1.29 is 0 Å². The zero-order chi connectivity index (χ0) is 16.2. The van der Waals surface area contributed by atoms with Gasteiger partial charge in [0.05, 0.1) is 0 Å². The molecule has 2 aromatic carbocycles. The lowest BCUT2D eigenvalue weighted by Gasteiger charge is -2.36. The van der Waals surface area contributed by atoms with Crippen LogP contribution in [0.25, 0.3) is 10.1 Å². The second kappa shape index (κ2) is 7.37.